The van der Waals surface area contributed by atoms with Crippen molar-refractivity contribution in [3.63, 3.8) is 0 Å². The molecular weight excluding hydrogens is 544 g/mol. The monoisotopic (exact) mass is 586 g/mol. The van der Waals surface area contributed by atoms with Gasteiger partial charge < -0.3 is 9.80 Å². The molecule has 0 radical (unpaired) electrons. The van der Waals surface area contributed by atoms with Crippen LogP contribution in [0.2, 0.25) is 0 Å². The second-order valence-corrected chi connectivity index (χ2v) is 12.1. The number of nitrogens with zero attached hydrogens (tertiary/aromatic N) is 2. The maximum Gasteiger partial charge on any atom is 0.0493 e. The smallest absolute Gasteiger partial charge is 0.0493 e. The molecule has 45 heavy (non-hydrogen) atoms. The maximum absolute atomic E-state index is 2.38. The minimum Gasteiger partial charge on any atom is -0.310 e. The van der Waals surface area contributed by atoms with Crippen LogP contribution < -0.4 is 9.80 Å². The molecule has 224 valence electrons. The van der Waals surface area contributed by atoms with Crippen LogP contribution in [0.15, 0.2) is 133 Å². The Morgan fingerprint density at radius 3 is 1.60 bits per heavy atom. The fourth-order valence-electron chi connectivity index (χ4n) is 6.24. The molecule has 0 amide bonds. The van der Waals surface area contributed by atoms with E-state index in [4.69, 9.17) is 0 Å². The minimum atomic E-state index is 1.04. The molecule has 0 aliphatic carbocycles. The van der Waals surface area contributed by atoms with Crippen molar-refractivity contribution in [3.8, 4) is 11.1 Å². The van der Waals surface area contributed by atoms with Crippen LogP contribution in [0.25, 0.3) is 11.1 Å². The lowest BCUT2D eigenvalue weighted by Crippen LogP contribution is -2.13. The molecule has 0 unspecified atom stereocenters. The fourth-order valence-corrected chi connectivity index (χ4v) is 6.24. The number of benzene rings is 6. The van der Waals surface area contributed by atoms with Crippen molar-refractivity contribution in [1.82, 2.24) is 0 Å². The summed E-state index contributed by atoms with van der Waals surface area (Å²) in [7, 11) is 0. The lowest BCUT2D eigenvalue weighted by atomic mass is 10.0. The molecule has 0 aliphatic rings. The van der Waals surface area contributed by atoms with Crippen molar-refractivity contribution in [1.29, 1.82) is 0 Å². The van der Waals surface area contributed by atoms with Gasteiger partial charge >= 0.3 is 0 Å². The molecule has 0 heterocycles. The lowest BCUT2D eigenvalue weighted by molar-refractivity contribution is 1.10. The number of aryl methyl sites for hydroxylation is 5. The van der Waals surface area contributed by atoms with Gasteiger partial charge in [-0.1, -0.05) is 79.7 Å². The second kappa shape index (κ2) is 12.9. The Hall–Kier alpha value is -5.08. The first-order chi connectivity index (χ1) is 21.8. The summed E-state index contributed by atoms with van der Waals surface area (Å²) >= 11 is 0. The summed E-state index contributed by atoms with van der Waals surface area (Å²) in [5, 5.41) is 0. The third-order valence-electron chi connectivity index (χ3n) is 8.98. The summed E-state index contributed by atoms with van der Waals surface area (Å²) in [6, 6.07) is 48.7. The summed E-state index contributed by atoms with van der Waals surface area (Å²) < 4.78 is 0. The van der Waals surface area contributed by atoms with E-state index in [1.807, 2.05) is 0 Å². The van der Waals surface area contributed by atoms with Gasteiger partial charge in [0.2, 0.25) is 0 Å². The van der Waals surface area contributed by atoms with Crippen LogP contribution in [0.4, 0.5) is 34.1 Å². The highest BCUT2D eigenvalue weighted by molar-refractivity contribution is 5.83. The zero-order chi connectivity index (χ0) is 31.5. The van der Waals surface area contributed by atoms with E-state index >= 15 is 0 Å². The van der Waals surface area contributed by atoms with Gasteiger partial charge in [-0.2, -0.15) is 0 Å². The van der Waals surface area contributed by atoms with E-state index in [9.17, 15) is 0 Å². The standard InChI is InChI=1S/C43H42N2/c1-7-35-18-27-41(29-33(35)5)44(40-15-10-12-30(2)28-40)38-23-19-36(20-24-38)37-21-25-39(26-22-37)45(42-16-9-8-13-32(42)4)43-17-11-14-31(3)34(43)6/h8-29H,7H2,1-6H3. The van der Waals surface area contributed by atoms with Gasteiger partial charge in [0.05, 0.1) is 0 Å². The van der Waals surface area contributed by atoms with E-state index in [0.29, 0.717) is 0 Å². The molecule has 0 atom stereocenters. The van der Waals surface area contributed by atoms with Gasteiger partial charge in [0.15, 0.2) is 0 Å². The summed E-state index contributed by atoms with van der Waals surface area (Å²) in [6.07, 6.45) is 1.04. The van der Waals surface area contributed by atoms with Gasteiger partial charge in [-0.15, -0.1) is 0 Å². The van der Waals surface area contributed by atoms with Gasteiger partial charge in [0, 0.05) is 34.1 Å². The highest BCUT2D eigenvalue weighted by Crippen LogP contribution is 2.40. The van der Waals surface area contributed by atoms with Gasteiger partial charge in [0.25, 0.3) is 0 Å². The van der Waals surface area contributed by atoms with Gasteiger partial charge in [-0.3, -0.25) is 0 Å². The quantitative estimate of drug-likeness (QED) is 0.175. The van der Waals surface area contributed by atoms with Crippen molar-refractivity contribution in [2.75, 3.05) is 9.80 Å². The van der Waals surface area contributed by atoms with Crippen LogP contribution in [-0.2, 0) is 6.42 Å². The van der Waals surface area contributed by atoms with E-state index in [1.165, 1.54) is 67.3 Å². The third-order valence-corrected chi connectivity index (χ3v) is 8.98. The normalized spacial score (nSPS) is 11.0. The zero-order valence-electron chi connectivity index (χ0n) is 27.3. The molecule has 6 aromatic carbocycles. The Kier molecular flexibility index (Phi) is 8.58. The second-order valence-electron chi connectivity index (χ2n) is 12.1. The molecule has 0 bridgehead atoms. The van der Waals surface area contributed by atoms with E-state index in [2.05, 4.69) is 185 Å². The summed E-state index contributed by atoms with van der Waals surface area (Å²) in [6.45, 7) is 13.2. The molecule has 0 aromatic heterocycles. The Labute approximate surface area is 269 Å². The summed E-state index contributed by atoms with van der Waals surface area (Å²) in [4.78, 5) is 4.74. The van der Waals surface area contributed by atoms with Gasteiger partial charge in [-0.05, 0) is 146 Å². The Bertz CT molecular complexity index is 1930. The highest BCUT2D eigenvalue weighted by atomic mass is 15.1. The van der Waals surface area contributed by atoms with Crippen LogP contribution in [-0.4, -0.2) is 0 Å². The van der Waals surface area contributed by atoms with Crippen LogP contribution in [0.3, 0.4) is 0 Å². The van der Waals surface area contributed by atoms with Crippen molar-refractivity contribution >= 4 is 34.1 Å². The predicted octanol–water partition coefficient (Wildman–Crippen LogP) is 12.4. The third kappa shape index (κ3) is 6.14. The van der Waals surface area contributed by atoms with E-state index in [0.717, 1.165) is 17.8 Å². The first-order valence-corrected chi connectivity index (χ1v) is 15.9. The van der Waals surface area contributed by atoms with Crippen LogP contribution >= 0.6 is 0 Å². The van der Waals surface area contributed by atoms with E-state index < -0.39 is 0 Å². The lowest BCUT2D eigenvalue weighted by Gasteiger charge is -2.29. The molecule has 6 aromatic rings. The van der Waals surface area contributed by atoms with Crippen molar-refractivity contribution < 1.29 is 0 Å². The Morgan fingerprint density at radius 1 is 0.422 bits per heavy atom. The molecule has 0 saturated carbocycles. The fraction of sp³-hybridized carbons (Fsp3) is 0.163. The maximum atomic E-state index is 2.38. The number of hydrogen-bond donors (Lipinski definition) is 0. The minimum absolute atomic E-state index is 1.04. The largest absolute Gasteiger partial charge is 0.310 e. The first kappa shape index (κ1) is 30.0. The van der Waals surface area contributed by atoms with Crippen LogP contribution in [0, 0.1) is 34.6 Å². The highest BCUT2D eigenvalue weighted by Gasteiger charge is 2.18. The van der Waals surface area contributed by atoms with E-state index in [-0.39, 0.29) is 0 Å². The van der Waals surface area contributed by atoms with Gasteiger partial charge in [-0.25, -0.2) is 0 Å². The molecule has 2 nitrogen and oxygen atoms in total. The van der Waals surface area contributed by atoms with Crippen molar-refractivity contribution in [3.05, 3.63) is 167 Å². The molecule has 0 fully saturated rings. The Balaban J connectivity index is 1.35. The first-order valence-electron chi connectivity index (χ1n) is 15.9. The van der Waals surface area contributed by atoms with Crippen molar-refractivity contribution in [2.24, 2.45) is 0 Å². The molecule has 0 aliphatic heterocycles. The number of para-hydroxylation sites is 1. The molecule has 6 rings (SSSR count). The zero-order valence-corrected chi connectivity index (χ0v) is 27.3. The molecule has 0 saturated heterocycles. The average molecular weight is 587 g/mol. The summed E-state index contributed by atoms with van der Waals surface area (Å²) in [5.41, 5.74) is 17.2. The van der Waals surface area contributed by atoms with Crippen LogP contribution in [0.5, 0.6) is 0 Å². The molecule has 0 spiro atoms. The predicted molar refractivity (Wildman–Crippen MR) is 194 cm³/mol. The summed E-state index contributed by atoms with van der Waals surface area (Å²) in [5.74, 6) is 0. The molecule has 0 N–H and O–H groups in total. The number of rotatable bonds is 8. The van der Waals surface area contributed by atoms with E-state index in [1.54, 1.807) is 0 Å². The van der Waals surface area contributed by atoms with Gasteiger partial charge in [0.1, 0.15) is 0 Å². The SMILES string of the molecule is CCc1ccc(N(c2ccc(-c3ccc(N(c4ccccc4C)c4cccc(C)c4C)cc3)cc2)c2cccc(C)c2)cc1C. The molecular formula is C43H42N2. The van der Waals surface area contributed by atoms with Crippen molar-refractivity contribution in [2.45, 2.75) is 48.0 Å². The Morgan fingerprint density at radius 2 is 0.978 bits per heavy atom. The average Bonchev–Trinajstić information content (AvgIpc) is 3.05. The topological polar surface area (TPSA) is 6.48 Å². The molecule has 2 heteroatoms. The number of hydrogen-bond acceptors (Lipinski definition) is 2. The van der Waals surface area contributed by atoms with Crippen LogP contribution in [0.1, 0.15) is 40.3 Å². The number of anilines is 6.